The van der Waals surface area contributed by atoms with Crippen molar-refractivity contribution in [1.82, 2.24) is 24.5 Å². The van der Waals surface area contributed by atoms with Crippen LogP contribution in [0.1, 0.15) is 30.1 Å². The number of H-pyrrole nitrogens is 1. The van der Waals surface area contributed by atoms with E-state index in [1.165, 1.54) is 17.2 Å². The summed E-state index contributed by atoms with van der Waals surface area (Å²) in [6.45, 7) is 0.422. The maximum atomic E-state index is 12.5. The number of aromatic amines is 1. The number of hydrogen-bond acceptors (Lipinski definition) is 6. The summed E-state index contributed by atoms with van der Waals surface area (Å²) in [5.41, 5.74) is 1.70. The molecule has 1 aliphatic heterocycles. The third kappa shape index (κ3) is 3.12. The second-order valence-electron chi connectivity index (χ2n) is 6.35. The smallest absolute Gasteiger partial charge is 0.267 e. The third-order valence-corrected chi connectivity index (χ3v) is 6.08. The highest BCUT2D eigenvalue weighted by molar-refractivity contribution is 7.89. The first kappa shape index (κ1) is 16.4. The fourth-order valence-electron chi connectivity index (χ4n) is 3.36. The lowest BCUT2D eigenvalue weighted by Gasteiger charge is -2.22. The zero-order valence-electron chi connectivity index (χ0n) is 13.5. The van der Waals surface area contributed by atoms with Crippen molar-refractivity contribution in [3.63, 3.8) is 0 Å². The highest BCUT2D eigenvalue weighted by atomic mass is 32.2. The number of aromatic nitrogens is 4. The molecule has 2 aromatic rings. The molecule has 2 N–H and O–H groups in total. The van der Waals surface area contributed by atoms with E-state index in [1.807, 2.05) is 0 Å². The number of nitrogens with zero attached hydrogens (tertiary/aromatic N) is 3. The lowest BCUT2D eigenvalue weighted by molar-refractivity contribution is 0.181. The maximum Gasteiger partial charge on any atom is 0.267 e. The fraction of sp³-hybridized carbons (Fsp3) is 0.533. The lowest BCUT2D eigenvalue weighted by Crippen LogP contribution is -2.44. The highest BCUT2D eigenvalue weighted by Gasteiger charge is 2.35. The average Bonchev–Trinajstić information content (AvgIpc) is 3.26. The Kier molecular flexibility index (Phi) is 4.18. The fourth-order valence-corrected chi connectivity index (χ4v) is 4.52. The number of ether oxygens (including phenoxy) is 1. The van der Waals surface area contributed by atoms with Gasteiger partial charge in [0.15, 0.2) is 5.03 Å². The predicted octanol–water partition coefficient (Wildman–Crippen LogP) is -0.236. The zero-order valence-corrected chi connectivity index (χ0v) is 14.3. The second kappa shape index (κ2) is 6.36. The van der Waals surface area contributed by atoms with E-state index in [1.54, 1.807) is 6.07 Å². The van der Waals surface area contributed by atoms with Crippen LogP contribution in [0.5, 0.6) is 0 Å². The molecular weight excluding hydrogens is 346 g/mol. The number of sulfonamides is 1. The molecule has 134 valence electrons. The summed E-state index contributed by atoms with van der Waals surface area (Å²) < 4.78 is 34.2. The van der Waals surface area contributed by atoms with Crippen molar-refractivity contribution < 1.29 is 13.2 Å². The Labute approximate surface area is 144 Å². The van der Waals surface area contributed by atoms with Crippen LogP contribution in [-0.4, -0.2) is 47.4 Å². The summed E-state index contributed by atoms with van der Waals surface area (Å²) in [6.07, 6.45) is 6.36. The van der Waals surface area contributed by atoms with Gasteiger partial charge in [0.25, 0.3) is 15.6 Å². The Morgan fingerprint density at radius 3 is 2.92 bits per heavy atom. The molecule has 0 aromatic carbocycles. The van der Waals surface area contributed by atoms with Gasteiger partial charge in [-0.1, -0.05) is 0 Å². The minimum absolute atomic E-state index is 0.0242. The Balaban J connectivity index is 1.63. The number of imidazole rings is 1. The van der Waals surface area contributed by atoms with Crippen LogP contribution in [0.4, 0.5) is 0 Å². The van der Waals surface area contributed by atoms with Crippen LogP contribution < -0.4 is 10.3 Å². The van der Waals surface area contributed by atoms with Crippen molar-refractivity contribution in [3.8, 4) is 0 Å². The van der Waals surface area contributed by atoms with Gasteiger partial charge >= 0.3 is 0 Å². The molecule has 9 nitrogen and oxygen atoms in total. The van der Waals surface area contributed by atoms with Crippen LogP contribution >= 0.6 is 0 Å². The standard InChI is InChI=1S/C15H19N5O4S/c21-15-5-10-3-1-2-4-11(10)18-20(15)13-8-24-7-12(13)19-25(22,23)14-6-16-9-17-14/h5-6,9,12-13,19H,1-4,7-8H2,(H,16,17). The van der Waals surface area contributed by atoms with Crippen molar-refractivity contribution in [1.29, 1.82) is 0 Å². The van der Waals surface area contributed by atoms with Crippen LogP contribution in [0.3, 0.4) is 0 Å². The van der Waals surface area contributed by atoms with Crippen LogP contribution in [0.15, 0.2) is 28.4 Å². The van der Waals surface area contributed by atoms with Gasteiger partial charge in [-0.25, -0.2) is 22.8 Å². The third-order valence-electron chi connectivity index (χ3n) is 4.67. The molecule has 2 aromatic heterocycles. The molecule has 0 amide bonds. The van der Waals surface area contributed by atoms with E-state index in [0.717, 1.165) is 36.9 Å². The van der Waals surface area contributed by atoms with E-state index in [-0.39, 0.29) is 23.8 Å². The number of hydrogen-bond donors (Lipinski definition) is 2. The summed E-state index contributed by atoms with van der Waals surface area (Å²) in [6, 6.07) is 0.581. The maximum absolute atomic E-state index is 12.5. The Hall–Kier alpha value is -2.04. The monoisotopic (exact) mass is 365 g/mol. The molecule has 0 radical (unpaired) electrons. The topological polar surface area (TPSA) is 119 Å². The SMILES string of the molecule is O=c1cc2c(nn1C1COCC1NS(=O)(=O)c1cnc[nH]1)CCCC2. The van der Waals surface area contributed by atoms with Gasteiger partial charge in [-0.3, -0.25) is 4.79 Å². The summed E-state index contributed by atoms with van der Waals surface area (Å²) >= 11 is 0. The van der Waals surface area contributed by atoms with Crippen molar-refractivity contribution >= 4 is 10.0 Å². The first-order valence-corrected chi connectivity index (χ1v) is 9.73. The van der Waals surface area contributed by atoms with E-state index in [2.05, 4.69) is 19.8 Å². The number of fused-ring (bicyclic) bond motifs is 1. The van der Waals surface area contributed by atoms with Gasteiger partial charge in [-0.05, 0) is 31.2 Å². The highest BCUT2D eigenvalue weighted by Crippen LogP contribution is 2.22. The van der Waals surface area contributed by atoms with Crippen molar-refractivity contribution in [2.45, 2.75) is 42.8 Å². The molecule has 25 heavy (non-hydrogen) atoms. The Bertz CT molecular complexity index is 922. The largest absolute Gasteiger partial charge is 0.377 e. The minimum Gasteiger partial charge on any atom is -0.377 e. The van der Waals surface area contributed by atoms with Gasteiger partial charge in [0, 0.05) is 6.07 Å². The van der Waals surface area contributed by atoms with Crippen LogP contribution in [0.25, 0.3) is 0 Å². The van der Waals surface area contributed by atoms with E-state index in [0.29, 0.717) is 0 Å². The van der Waals surface area contributed by atoms with Gasteiger partial charge in [-0.2, -0.15) is 5.10 Å². The van der Waals surface area contributed by atoms with Gasteiger partial charge < -0.3 is 9.72 Å². The number of nitrogens with one attached hydrogen (secondary N) is 2. The van der Waals surface area contributed by atoms with E-state index < -0.39 is 22.1 Å². The minimum atomic E-state index is -3.76. The molecule has 10 heteroatoms. The van der Waals surface area contributed by atoms with E-state index in [4.69, 9.17) is 4.74 Å². The van der Waals surface area contributed by atoms with Crippen LogP contribution in [0, 0.1) is 0 Å². The predicted molar refractivity (Wildman–Crippen MR) is 87.7 cm³/mol. The molecule has 1 saturated heterocycles. The quantitative estimate of drug-likeness (QED) is 0.772. The molecule has 1 aliphatic carbocycles. The molecule has 1 fully saturated rings. The molecule has 3 heterocycles. The van der Waals surface area contributed by atoms with Gasteiger partial charge in [-0.15, -0.1) is 0 Å². The Morgan fingerprint density at radius 2 is 2.12 bits per heavy atom. The summed E-state index contributed by atoms with van der Waals surface area (Å²) in [7, 11) is -3.76. The molecule has 0 spiro atoms. The summed E-state index contributed by atoms with van der Waals surface area (Å²) in [4.78, 5) is 18.8. The van der Waals surface area contributed by atoms with Gasteiger partial charge in [0.1, 0.15) is 0 Å². The first-order valence-electron chi connectivity index (χ1n) is 8.25. The molecular formula is C15H19N5O4S. The molecule has 4 rings (SSSR count). The average molecular weight is 365 g/mol. The first-order chi connectivity index (χ1) is 12.0. The van der Waals surface area contributed by atoms with Crippen molar-refractivity contribution in [2.24, 2.45) is 0 Å². The molecule has 2 unspecified atom stereocenters. The lowest BCUT2D eigenvalue weighted by atomic mass is 9.97. The van der Waals surface area contributed by atoms with Crippen LogP contribution in [0.2, 0.25) is 0 Å². The summed E-state index contributed by atoms with van der Waals surface area (Å²) in [5.74, 6) is 0. The van der Waals surface area contributed by atoms with Crippen molar-refractivity contribution in [3.05, 3.63) is 40.2 Å². The molecule has 0 saturated carbocycles. The summed E-state index contributed by atoms with van der Waals surface area (Å²) in [5, 5.41) is 4.48. The van der Waals surface area contributed by atoms with Crippen molar-refractivity contribution in [2.75, 3.05) is 13.2 Å². The van der Waals surface area contributed by atoms with Gasteiger partial charge in [0.05, 0.1) is 43.5 Å². The second-order valence-corrected chi connectivity index (χ2v) is 8.04. The van der Waals surface area contributed by atoms with Crippen LogP contribution in [-0.2, 0) is 27.6 Å². The van der Waals surface area contributed by atoms with Gasteiger partial charge in [0.2, 0.25) is 0 Å². The molecule has 2 aliphatic rings. The van der Waals surface area contributed by atoms with E-state index >= 15 is 0 Å². The Morgan fingerprint density at radius 1 is 1.28 bits per heavy atom. The normalized spacial score (nSPS) is 23.5. The molecule has 0 bridgehead atoms. The molecule has 2 atom stereocenters. The number of aryl methyl sites for hydroxylation is 2. The number of rotatable bonds is 4. The zero-order chi connectivity index (χ0) is 17.4. The van der Waals surface area contributed by atoms with E-state index in [9.17, 15) is 13.2 Å².